The van der Waals surface area contributed by atoms with E-state index >= 15 is 0 Å². The topological polar surface area (TPSA) is 70.7 Å². The molecule has 0 radical (unpaired) electrons. The Hall–Kier alpha value is -1.82. The van der Waals surface area contributed by atoms with E-state index in [-0.39, 0.29) is 11.9 Å². The Bertz CT molecular complexity index is 682. The van der Waals surface area contributed by atoms with E-state index in [1.807, 2.05) is 18.2 Å². The van der Waals surface area contributed by atoms with Gasteiger partial charge in [-0.25, -0.2) is 4.98 Å². The second-order valence-corrected chi connectivity index (χ2v) is 7.97. The Morgan fingerprint density at radius 1 is 1.31 bits per heavy atom. The lowest BCUT2D eigenvalue weighted by Gasteiger charge is -2.18. The third kappa shape index (κ3) is 5.59. The number of hydrogen-bond donors (Lipinski definition) is 2. The van der Waals surface area contributed by atoms with Crippen LogP contribution in [0.2, 0.25) is 0 Å². The lowest BCUT2D eigenvalue weighted by atomic mass is 10.0. The second kappa shape index (κ2) is 9.76. The highest BCUT2D eigenvalue weighted by atomic mass is 32.2. The molecule has 0 saturated heterocycles. The largest absolute Gasteiger partial charge is 0.349 e. The van der Waals surface area contributed by atoms with Crippen LogP contribution in [-0.2, 0) is 11.2 Å². The van der Waals surface area contributed by atoms with Crippen molar-refractivity contribution in [1.29, 1.82) is 0 Å². The van der Waals surface area contributed by atoms with Crippen LogP contribution in [0.25, 0.3) is 0 Å². The van der Waals surface area contributed by atoms with Crippen LogP contribution < -0.4 is 5.32 Å². The van der Waals surface area contributed by atoms with E-state index < -0.39 is 0 Å². The van der Waals surface area contributed by atoms with Gasteiger partial charge in [-0.15, -0.1) is 5.10 Å². The predicted octanol–water partition coefficient (Wildman–Crippen LogP) is 4.29. The molecule has 5 nitrogen and oxygen atoms in total. The molecule has 0 bridgehead atoms. The van der Waals surface area contributed by atoms with Crippen molar-refractivity contribution in [2.75, 3.05) is 5.75 Å². The van der Waals surface area contributed by atoms with Crippen molar-refractivity contribution >= 4 is 17.7 Å². The first-order chi connectivity index (χ1) is 12.7. The van der Waals surface area contributed by atoms with Gasteiger partial charge in [0.05, 0.1) is 11.8 Å². The molecule has 1 aromatic carbocycles. The van der Waals surface area contributed by atoms with Gasteiger partial charge in [0.15, 0.2) is 0 Å². The van der Waals surface area contributed by atoms with Crippen LogP contribution in [0.15, 0.2) is 35.5 Å². The number of thioether (sulfide) groups is 1. The summed E-state index contributed by atoms with van der Waals surface area (Å²) < 4.78 is 0. The van der Waals surface area contributed by atoms with Crippen molar-refractivity contribution in [2.45, 2.75) is 63.1 Å². The quantitative estimate of drug-likeness (QED) is 0.644. The minimum atomic E-state index is 0.0273. The zero-order valence-corrected chi connectivity index (χ0v) is 16.2. The SMILES string of the molecule is CCCC(NC(=O)CSc1n[nH]c(CC2CCCC2)n1)c1ccccc1. The molecule has 3 rings (SSSR count). The van der Waals surface area contributed by atoms with Gasteiger partial charge >= 0.3 is 0 Å². The zero-order chi connectivity index (χ0) is 18.2. The molecule has 1 fully saturated rings. The van der Waals surface area contributed by atoms with Crippen molar-refractivity contribution in [3.8, 4) is 0 Å². The molecule has 6 heteroatoms. The average Bonchev–Trinajstić information content (AvgIpc) is 3.33. The van der Waals surface area contributed by atoms with Crippen molar-refractivity contribution in [1.82, 2.24) is 20.5 Å². The Morgan fingerprint density at radius 2 is 2.08 bits per heavy atom. The Balaban J connectivity index is 1.47. The van der Waals surface area contributed by atoms with Gasteiger partial charge in [-0.05, 0) is 17.9 Å². The van der Waals surface area contributed by atoms with Gasteiger partial charge in [-0.1, -0.05) is 81.1 Å². The van der Waals surface area contributed by atoms with Crippen LogP contribution in [0.4, 0.5) is 0 Å². The summed E-state index contributed by atoms with van der Waals surface area (Å²) in [6.07, 6.45) is 8.20. The maximum atomic E-state index is 12.4. The zero-order valence-electron chi connectivity index (χ0n) is 15.4. The predicted molar refractivity (Wildman–Crippen MR) is 105 cm³/mol. The number of nitrogens with zero attached hydrogens (tertiary/aromatic N) is 2. The van der Waals surface area contributed by atoms with Crippen molar-refractivity contribution in [2.24, 2.45) is 5.92 Å². The molecule has 140 valence electrons. The molecule has 1 heterocycles. The van der Waals surface area contributed by atoms with Crippen molar-refractivity contribution in [3.05, 3.63) is 41.7 Å². The fourth-order valence-electron chi connectivity index (χ4n) is 3.58. The molecule has 1 aliphatic carbocycles. The van der Waals surface area contributed by atoms with Crippen LogP contribution in [0, 0.1) is 5.92 Å². The summed E-state index contributed by atoms with van der Waals surface area (Å²) in [4.78, 5) is 16.9. The first kappa shape index (κ1) is 19.0. The number of carbonyl (C=O) groups is 1. The number of rotatable bonds is 9. The lowest BCUT2D eigenvalue weighted by molar-refractivity contribution is -0.119. The van der Waals surface area contributed by atoms with E-state index in [9.17, 15) is 4.79 Å². The van der Waals surface area contributed by atoms with Gasteiger partial charge in [0, 0.05) is 6.42 Å². The minimum absolute atomic E-state index is 0.0273. The number of nitrogens with one attached hydrogen (secondary N) is 2. The fraction of sp³-hybridized carbons (Fsp3) is 0.550. The van der Waals surface area contributed by atoms with E-state index in [4.69, 9.17) is 0 Å². The molecule has 2 aromatic rings. The first-order valence-electron chi connectivity index (χ1n) is 9.63. The van der Waals surface area contributed by atoms with E-state index in [0.717, 1.165) is 36.6 Å². The Morgan fingerprint density at radius 3 is 2.81 bits per heavy atom. The number of carbonyl (C=O) groups excluding carboxylic acids is 1. The van der Waals surface area contributed by atoms with Gasteiger partial charge < -0.3 is 5.32 Å². The first-order valence-corrected chi connectivity index (χ1v) is 10.6. The lowest BCUT2D eigenvalue weighted by Crippen LogP contribution is -2.29. The molecular weight excluding hydrogens is 344 g/mol. The average molecular weight is 373 g/mol. The number of amides is 1. The molecule has 1 amide bonds. The fourth-order valence-corrected chi connectivity index (χ4v) is 4.21. The van der Waals surface area contributed by atoms with Gasteiger partial charge in [0.2, 0.25) is 11.1 Å². The highest BCUT2D eigenvalue weighted by molar-refractivity contribution is 7.99. The summed E-state index contributed by atoms with van der Waals surface area (Å²) in [5, 5.41) is 11.1. The van der Waals surface area contributed by atoms with Gasteiger partial charge in [0.1, 0.15) is 5.82 Å². The highest BCUT2D eigenvalue weighted by Gasteiger charge is 2.18. The number of hydrogen-bond acceptors (Lipinski definition) is 4. The summed E-state index contributed by atoms with van der Waals surface area (Å²) in [7, 11) is 0. The van der Waals surface area contributed by atoms with Crippen LogP contribution in [0.3, 0.4) is 0 Å². The van der Waals surface area contributed by atoms with E-state index in [1.54, 1.807) is 0 Å². The maximum Gasteiger partial charge on any atom is 0.230 e. The molecule has 26 heavy (non-hydrogen) atoms. The van der Waals surface area contributed by atoms with Gasteiger partial charge in [-0.3, -0.25) is 9.89 Å². The van der Waals surface area contributed by atoms with E-state index in [1.165, 1.54) is 37.4 Å². The third-order valence-electron chi connectivity index (χ3n) is 4.91. The second-order valence-electron chi connectivity index (χ2n) is 7.03. The molecule has 1 aliphatic rings. The normalized spacial score (nSPS) is 15.9. The summed E-state index contributed by atoms with van der Waals surface area (Å²) in [5.41, 5.74) is 1.16. The number of benzene rings is 1. The summed E-state index contributed by atoms with van der Waals surface area (Å²) in [6.45, 7) is 2.14. The molecule has 1 atom stereocenters. The monoisotopic (exact) mass is 372 g/mol. The van der Waals surface area contributed by atoms with Gasteiger partial charge in [0.25, 0.3) is 0 Å². The van der Waals surface area contributed by atoms with Crippen LogP contribution >= 0.6 is 11.8 Å². The molecule has 1 aromatic heterocycles. The summed E-state index contributed by atoms with van der Waals surface area (Å²) in [6, 6.07) is 10.2. The molecule has 1 unspecified atom stereocenters. The third-order valence-corrected chi connectivity index (χ3v) is 5.76. The molecule has 0 aliphatic heterocycles. The Labute approximate surface area is 159 Å². The molecule has 1 saturated carbocycles. The molecular formula is C20H28N4OS. The minimum Gasteiger partial charge on any atom is -0.349 e. The van der Waals surface area contributed by atoms with Crippen molar-refractivity contribution in [3.63, 3.8) is 0 Å². The highest BCUT2D eigenvalue weighted by Crippen LogP contribution is 2.27. The smallest absolute Gasteiger partial charge is 0.230 e. The summed E-state index contributed by atoms with van der Waals surface area (Å²) in [5.74, 6) is 2.06. The van der Waals surface area contributed by atoms with E-state index in [0.29, 0.717) is 10.9 Å². The number of aromatic amines is 1. The number of aromatic nitrogens is 3. The van der Waals surface area contributed by atoms with Crippen LogP contribution in [0.1, 0.15) is 62.9 Å². The maximum absolute atomic E-state index is 12.4. The summed E-state index contributed by atoms with van der Waals surface area (Å²) >= 11 is 1.40. The van der Waals surface area contributed by atoms with Crippen LogP contribution in [-0.4, -0.2) is 26.8 Å². The molecule has 2 N–H and O–H groups in total. The molecule has 0 spiro atoms. The van der Waals surface area contributed by atoms with Crippen LogP contribution in [0.5, 0.6) is 0 Å². The Kier molecular flexibility index (Phi) is 7.12. The van der Waals surface area contributed by atoms with Crippen molar-refractivity contribution < 1.29 is 4.79 Å². The van der Waals surface area contributed by atoms with Gasteiger partial charge in [-0.2, -0.15) is 0 Å². The standard InChI is InChI=1S/C20H28N4OS/c1-2-8-17(16-11-4-3-5-12-16)21-19(25)14-26-20-22-18(23-24-20)13-15-9-6-7-10-15/h3-5,11-12,15,17H,2,6-10,13-14H2,1H3,(H,21,25)(H,22,23,24). The number of H-pyrrole nitrogens is 1. The van der Waals surface area contributed by atoms with E-state index in [2.05, 4.69) is 39.6 Å².